The van der Waals surface area contributed by atoms with E-state index in [-0.39, 0.29) is 23.2 Å². The van der Waals surface area contributed by atoms with Crippen LogP contribution in [0.1, 0.15) is 20.8 Å². The second-order valence-electron chi connectivity index (χ2n) is 8.72. The maximum atomic E-state index is 14.2. The number of rotatable bonds is 7. The van der Waals surface area contributed by atoms with Gasteiger partial charge in [0.15, 0.2) is 17.2 Å². The minimum atomic E-state index is -1.22. The van der Waals surface area contributed by atoms with Crippen LogP contribution in [0.4, 0.5) is 14.6 Å². The fourth-order valence-corrected chi connectivity index (χ4v) is 3.52. The number of aliphatic hydroxyl groups is 1. The highest BCUT2D eigenvalue weighted by atomic mass is 35.5. The molecule has 1 atom stereocenters. The predicted octanol–water partition coefficient (Wildman–Crippen LogP) is 4.86. The number of carbonyl (C=O) groups excluding carboxylic acids is 1. The summed E-state index contributed by atoms with van der Waals surface area (Å²) in [5.74, 6) is -2.76. The zero-order valence-corrected chi connectivity index (χ0v) is 20.2. The Balaban J connectivity index is 1.82. The summed E-state index contributed by atoms with van der Waals surface area (Å²) >= 11 is 6.37. The smallest absolute Gasteiger partial charge is 0.331 e. The molecule has 4 rings (SSSR count). The number of H-pyrrole nitrogens is 1. The van der Waals surface area contributed by atoms with Gasteiger partial charge in [0, 0.05) is 16.7 Å². The number of anilines is 1. The third-order valence-corrected chi connectivity index (χ3v) is 5.15. The number of aromatic nitrogens is 4. The lowest BCUT2D eigenvalue weighted by Crippen LogP contribution is -2.39. The van der Waals surface area contributed by atoms with Crippen LogP contribution in [0.15, 0.2) is 42.5 Å². The van der Waals surface area contributed by atoms with Crippen molar-refractivity contribution >= 4 is 34.4 Å². The summed E-state index contributed by atoms with van der Waals surface area (Å²) in [7, 11) is 0. The summed E-state index contributed by atoms with van der Waals surface area (Å²) in [4.78, 5) is 21.2. The van der Waals surface area contributed by atoms with Crippen molar-refractivity contribution in [2.75, 3.05) is 11.9 Å². The average molecular weight is 518 g/mol. The Hall–Kier alpha value is -3.83. The molecule has 0 aliphatic rings. The van der Waals surface area contributed by atoms with Crippen LogP contribution in [-0.4, -0.2) is 49.5 Å². The molecule has 0 spiro atoms. The largest absolute Gasteiger partial charge is 0.458 e. The molecule has 0 bridgehead atoms. The Morgan fingerprint density at radius 2 is 1.94 bits per heavy atom. The highest BCUT2D eigenvalue weighted by Gasteiger charge is 2.28. The van der Waals surface area contributed by atoms with Crippen LogP contribution in [-0.2, 0) is 9.53 Å². The molecule has 0 fully saturated rings. The maximum absolute atomic E-state index is 14.2. The first-order chi connectivity index (χ1) is 17.1. The van der Waals surface area contributed by atoms with Crippen LogP contribution in [0.3, 0.4) is 0 Å². The molecule has 2 aromatic carbocycles. The van der Waals surface area contributed by atoms with Crippen LogP contribution in [0.25, 0.3) is 22.3 Å². The van der Waals surface area contributed by atoms with Gasteiger partial charge in [0.2, 0.25) is 0 Å². The lowest BCUT2D eigenvalue weighted by atomic mass is 10.1. The zero-order chi connectivity index (χ0) is 26.0. The van der Waals surface area contributed by atoms with E-state index in [9.17, 15) is 18.7 Å². The number of nitrogens with zero attached hydrogens (tertiary/aromatic N) is 3. The van der Waals surface area contributed by atoms with Gasteiger partial charge in [-0.2, -0.15) is 15.1 Å². The molecule has 0 saturated heterocycles. The second-order valence-corrected chi connectivity index (χ2v) is 9.13. The highest BCUT2D eigenvalue weighted by Crippen LogP contribution is 2.36. The first-order valence-electron chi connectivity index (χ1n) is 10.8. The number of ether oxygens (including phenoxy) is 2. The number of aliphatic hydroxyl groups excluding tert-OH is 1. The molecule has 1 unspecified atom stereocenters. The number of nitrogens with one attached hydrogen (secondary N) is 2. The van der Waals surface area contributed by atoms with E-state index >= 15 is 0 Å². The summed E-state index contributed by atoms with van der Waals surface area (Å²) in [6, 6.07) is 8.16. The molecule has 12 heteroatoms. The van der Waals surface area contributed by atoms with Crippen molar-refractivity contribution in [2.45, 2.75) is 32.4 Å². The van der Waals surface area contributed by atoms with Crippen LogP contribution in [0, 0.1) is 11.6 Å². The molecule has 4 aromatic rings. The Morgan fingerprint density at radius 1 is 1.19 bits per heavy atom. The SMILES string of the molecule is CC(C)(C)OC(=O)C(CO)Nc1nc(Oc2ccc(F)cc2F)nc2n[nH]c(-c3ccccc3Cl)c12. The fourth-order valence-electron chi connectivity index (χ4n) is 3.29. The Kier molecular flexibility index (Phi) is 7.04. The van der Waals surface area contributed by atoms with E-state index in [4.69, 9.17) is 21.1 Å². The minimum Gasteiger partial charge on any atom is -0.458 e. The third-order valence-electron chi connectivity index (χ3n) is 4.82. The number of halogens is 3. The van der Waals surface area contributed by atoms with Gasteiger partial charge in [0.05, 0.1) is 17.7 Å². The summed E-state index contributed by atoms with van der Waals surface area (Å²) in [5.41, 5.74) is 0.295. The van der Waals surface area contributed by atoms with E-state index in [0.29, 0.717) is 27.7 Å². The van der Waals surface area contributed by atoms with Crippen molar-refractivity contribution in [2.24, 2.45) is 0 Å². The van der Waals surface area contributed by atoms with Gasteiger partial charge >= 0.3 is 12.0 Å². The summed E-state index contributed by atoms with van der Waals surface area (Å²) < 4.78 is 38.3. The van der Waals surface area contributed by atoms with Crippen molar-refractivity contribution < 1.29 is 28.2 Å². The second kappa shape index (κ2) is 10.0. The number of hydrogen-bond acceptors (Lipinski definition) is 8. The predicted molar refractivity (Wildman–Crippen MR) is 129 cm³/mol. The van der Waals surface area contributed by atoms with Crippen LogP contribution >= 0.6 is 11.6 Å². The number of aromatic amines is 1. The quantitative estimate of drug-likeness (QED) is 0.297. The molecule has 36 heavy (non-hydrogen) atoms. The molecule has 0 amide bonds. The van der Waals surface area contributed by atoms with E-state index in [1.165, 1.54) is 0 Å². The Bertz CT molecular complexity index is 1420. The molecule has 0 saturated carbocycles. The average Bonchev–Trinajstić information content (AvgIpc) is 3.22. The Morgan fingerprint density at radius 3 is 2.61 bits per heavy atom. The molecule has 0 radical (unpaired) electrons. The molecular formula is C24H22ClF2N5O4. The highest BCUT2D eigenvalue weighted by molar-refractivity contribution is 6.33. The lowest BCUT2D eigenvalue weighted by Gasteiger charge is -2.24. The fraction of sp³-hybridized carbons (Fsp3) is 0.250. The summed E-state index contributed by atoms with van der Waals surface area (Å²) in [6.07, 6.45) is 0. The normalized spacial score (nSPS) is 12.4. The third kappa shape index (κ3) is 5.52. The van der Waals surface area contributed by atoms with E-state index in [0.717, 1.165) is 12.1 Å². The van der Waals surface area contributed by atoms with Crippen molar-refractivity contribution in [3.63, 3.8) is 0 Å². The summed E-state index contributed by atoms with van der Waals surface area (Å²) in [6.45, 7) is 4.45. The number of esters is 1. The monoisotopic (exact) mass is 517 g/mol. The number of benzene rings is 2. The lowest BCUT2D eigenvalue weighted by molar-refractivity contribution is -0.156. The van der Waals surface area contributed by atoms with Crippen molar-refractivity contribution in [3.8, 4) is 23.0 Å². The molecule has 188 valence electrons. The number of hydrogen-bond donors (Lipinski definition) is 3. The number of carbonyl (C=O) groups is 1. The first-order valence-corrected chi connectivity index (χ1v) is 11.2. The molecule has 9 nitrogen and oxygen atoms in total. The first kappa shape index (κ1) is 25.3. The zero-order valence-electron chi connectivity index (χ0n) is 19.5. The van der Waals surface area contributed by atoms with Gasteiger partial charge in [-0.1, -0.05) is 29.8 Å². The van der Waals surface area contributed by atoms with E-state index in [1.54, 1.807) is 45.0 Å². The molecule has 3 N–H and O–H groups in total. The topological polar surface area (TPSA) is 122 Å². The minimum absolute atomic E-state index is 0.0334. The van der Waals surface area contributed by atoms with Gasteiger partial charge in [-0.25, -0.2) is 13.6 Å². The van der Waals surface area contributed by atoms with Crippen LogP contribution in [0.5, 0.6) is 11.8 Å². The molecule has 2 heterocycles. The Labute approximate surface area is 209 Å². The molecule has 0 aliphatic carbocycles. The van der Waals surface area contributed by atoms with Crippen molar-refractivity contribution in [1.29, 1.82) is 0 Å². The van der Waals surface area contributed by atoms with Gasteiger partial charge in [-0.3, -0.25) is 5.10 Å². The van der Waals surface area contributed by atoms with Crippen molar-refractivity contribution in [1.82, 2.24) is 20.2 Å². The van der Waals surface area contributed by atoms with E-state index in [2.05, 4.69) is 25.5 Å². The van der Waals surface area contributed by atoms with Crippen molar-refractivity contribution in [3.05, 3.63) is 59.1 Å². The van der Waals surface area contributed by atoms with Crippen LogP contribution in [0.2, 0.25) is 5.02 Å². The van der Waals surface area contributed by atoms with Gasteiger partial charge in [-0.15, -0.1) is 0 Å². The molecular weight excluding hydrogens is 496 g/mol. The van der Waals surface area contributed by atoms with Gasteiger partial charge in [-0.05, 0) is 39.0 Å². The number of fused-ring (bicyclic) bond motifs is 1. The maximum Gasteiger partial charge on any atom is 0.331 e. The van der Waals surface area contributed by atoms with Gasteiger partial charge < -0.3 is 19.9 Å². The standard InChI is InChI=1S/C24H22ClF2N5O4/c1-24(2,3)36-22(34)16(11-33)28-20-18-19(13-6-4-5-7-14(13)25)31-32-21(18)30-23(29-20)35-17-9-8-12(26)10-15(17)27/h4-10,16,33H,11H2,1-3H3,(H2,28,29,30,31,32). The van der Waals surface area contributed by atoms with Gasteiger partial charge in [0.25, 0.3) is 0 Å². The molecule has 0 aliphatic heterocycles. The van der Waals surface area contributed by atoms with Crippen LogP contribution < -0.4 is 10.1 Å². The van der Waals surface area contributed by atoms with E-state index < -0.39 is 35.9 Å². The van der Waals surface area contributed by atoms with Gasteiger partial charge in [0.1, 0.15) is 23.3 Å². The summed E-state index contributed by atoms with van der Waals surface area (Å²) in [5, 5.41) is 20.5. The molecule has 2 aromatic heterocycles. The van der Waals surface area contributed by atoms with E-state index in [1.807, 2.05) is 0 Å².